The van der Waals surface area contributed by atoms with Gasteiger partial charge in [0.15, 0.2) is 12.0 Å². The largest absolute Gasteiger partial charge is 0.496 e. The third-order valence-corrected chi connectivity index (χ3v) is 2.23. The van der Waals surface area contributed by atoms with Crippen molar-refractivity contribution in [1.82, 2.24) is 0 Å². The lowest BCUT2D eigenvalue weighted by Gasteiger charge is -2.18. The van der Waals surface area contributed by atoms with Crippen LogP contribution in [0.1, 0.15) is 19.4 Å². The fourth-order valence-corrected chi connectivity index (χ4v) is 1.39. The van der Waals surface area contributed by atoms with Gasteiger partial charge in [0.2, 0.25) is 0 Å². The van der Waals surface area contributed by atoms with E-state index in [1.165, 1.54) is 20.1 Å². The third kappa shape index (κ3) is 2.51. The fourth-order valence-electron chi connectivity index (χ4n) is 1.39. The van der Waals surface area contributed by atoms with Crippen molar-refractivity contribution in [1.29, 1.82) is 0 Å². The van der Waals surface area contributed by atoms with Gasteiger partial charge in [-0.15, -0.1) is 0 Å². The van der Waals surface area contributed by atoms with Crippen molar-refractivity contribution in [3.05, 3.63) is 23.8 Å². The Labute approximate surface area is 94.2 Å². The van der Waals surface area contributed by atoms with Gasteiger partial charge in [-0.3, -0.25) is 4.79 Å². The van der Waals surface area contributed by atoms with Gasteiger partial charge in [0, 0.05) is 5.56 Å². The van der Waals surface area contributed by atoms with Crippen LogP contribution in [0.15, 0.2) is 18.2 Å². The molecule has 1 aromatic carbocycles. The number of benzene rings is 1. The molecule has 0 aromatic heterocycles. The van der Waals surface area contributed by atoms with Crippen LogP contribution in [-0.2, 0) is 10.5 Å². The number of methoxy groups -OCH3 is 1. The summed E-state index contributed by atoms with van der Waals surface area (Å²) in [5.74, 6) is 0.851. The number of carbonyl (C=O) groups is 1. The first kappa shape index (κ1) is 12.5. The summed E-state index contributed by atoms with van der Waals surface area (Å²) >= 11 is 0. The molecule has 0 radical (unpaired) electrons. The van der Waals surface area contributed by atoms with Gasteiger partial charge in [-0.05, 0) is 32.0 Å². The Morgan fingerprint density at radius 2 is 2.19 bits per heavy atom. The molecule has 0 aliphatic rings. The molecular formula is C12H15FO3. The van der Waals surface area contributed by atoms with Gasteiger partial charge < -0.3 is 9.47 Å². The van der Waals surface area contributed by atoms with Crippen LogP contribution in [-0.4, -0.2) is 20.0 Å². The Hall–Kier alpha value is -1.58. The molecule has 0 amide bonds. The van der Waals surface area contributed by atoms with Gasteiger partial charge in [-0.2, -0.15) is 0 Å². The van der Waals surface area contributed by atoms with Crippen molar-refractivity contribution in [2.75, 3.05) is 13.7 Å². The van der Waals surface area contributed by atoms with E-state index < -0.39 is 5.67 Å². The molecule has 0 saturated carbocycles. The van der Waals surface area contributed by atoms with Crippen molar-refractivity contribution in [2.45, 2.75) is 19.5 Å². The lowest BCUT2D eigenvalue weighted by molar-refractivity contribution is -0.117. The van der Waals surface area contributed by atoms with Crippen molar-refractivity contribution in [3.63, 3.8) is 0 Å². The van der Waals surface area contributed by atoms with E-state index >= 15 is 0 Å². The maximum absolute atomic E-state index is 13.9. The van der Waals surface area contributed by atoms with E-state index in [1.54, 1.807) is 12.1 Å². The van der Waals surface area contributed by atoms with E-state index in [9.17, 15) is 9.18 Å². The zero-order valence-corrected chi connectivity index (χ0v) is 9.62. The smallest absolute Gasteiger partial charge is 0.191 e. The molecule has 0 spiro atoms. The SMILES string of the molecule is CCOc1ccc(OC)c(C(C)(F)C=O)c1. The highest BCUT2D eigenvalue weighted by molar-refractivity contribution is 5.68. The quantitative estimate of drug-likeness (QED) is 0.723. The number of halogens is 1. The molecule has 0 fully saturated rings. The lowest BCUT2D eigenvalue weighted by Crippen LogP contribution is -2.18. The zero-order valence-electron chi connectivity index (χ0n) is 9.62. The summed E-state index contributed by atoms with van der Waals surface area (Å²) in [4.78, 5) is 10.7. The Balaban J connectivity index is 3.21. The molecule has 0 saturated heterocycles. The first-order valence-electron chi connectivity index (χ1n) is 5.01. The van der Waals surface area contributed by atoms with E-state index in [0.29, 0.717) is 18.1 Å². The number of rotatable bonds is 5. The maximum atomic E-state index is 13.9. The van der Waals surface area contributed by atoms with E-state index in [1.807, 2.05) is 6.92 Å². The summed E-state index contributed by atoms with van der Waals surface area (Å²) in [7, 11) is 1.43. The monoisotopic (exact) mass is 226 g/mol. The number of hydrogen-bond acceptors (Lipinski definition) is 3. The van der Waals surface area contributed by atoms with E-state index in [-0.39, 0.29) is 11.8 Å². The number of carbonyl (C=O) groups excluding carboxylic acids is 1. The summed E-state index contributed by atoms with van der Waals surface area (Å²) in [5, 5.41) is 0. The van der Waals surface area contributed by atoms with Gasteiger partial charge in [-0.1, -0.05) is 0 Å². The van der Waals surface area contributed by atoms with E-state index in [0.717, 1.165) is 0 Å². The highest BCUT2D eigenvalue weighted by Gasteiger charge is 2.29. The Morgan fingerprint density at radius 1 is 1.50 bits per heavy atom. The number of alkyl halides is 1. The molecule has 0 aliphatic carbocycles. The highest BCUT2D eigenvalue weighted by atomic mass is 19.1. The Bertz CT molecular complexity index is 375. The van der Waals surface area contributed by atoms with Crippen LogP contribution in [0.3, 0.4) is 0 Å². The van der Waals surface area contributed by atoms with Crippen molar-refractivity contribution < 1.29 is 18.7 Å². The minimum atomic E-state index is -2.07. The van der Waals surface area contributed by atoms with Gasteiger partial charge >= 0.3 is 0 Å². The third-order valence-electron chi connectivity index (χ3n) is 2.23. The molecule has 16 heavy (non-hydrogen) atoms. The first-order valence-corrected chi connectivity index (χ1v) is 5.01. The van der Waals surface area contributed by atoms with Gasteiger partial charge in [0.25, 0.3) is 0 Å². The average molecular weight is 226 g/mol. The molecule has 88 valence electrons. The van der Waals surface area contributed by atoms with Crippen molar-refractivity contribution >= 4 is 6.29 Å². The standard InChI is InChI=1S/C12H15FO3/c1-4-16-9-5-6-11(15-3)10(7-9)12(2,13)8-14/h5-8H,4H2,1-3H3. The van der Waals surface area contributed by atoms with Crippen LogP contribution >= 0.6 is 0 Å². The molecule has 1 rings (SSSR count). The van der Waals surface area contributed by atoms with E-state index in [4.69, 9.17) is 9.47 Å². The minimum Gasteiger partial charge on any atom is -0.496 e. The van der Waals surface area contributed by atoms with Crippen molar-refractivity contribution in [2.24, 2.45) is 0 Å². The molecule has 3 nitrogen and oxygen atoms in total. The highest BCUT2D eigenvalue weighted by Crippen LogP contribution is 2.34. The molecule has 0 N–H and O–H groups in total. The van der Waals surface area contributed by atoms with Crippen molar-refractivity contribution in [3.8, 4) is 11.5 Å². The van der Waals surface area contributed by atoms with Crippen LogP contribution in [0.2, 0.25) is 0 Å². The molecule has 1 atom stereocenters. The maximum Gasteiger partial charge on any atom is 0.191 e. The number of hydrogen-bond donors (Lipinski definition) is 0. The topological polar surface area (TPSA) is 35.5 Å². The molecule has 4 heteroatoms. The molecule has 0 aliphatic heterocycles. The molecule has 0 bridgehead atoms. The number of ether oxygens (including phenoxy) is 2. The lowest BCUT2D eigenvalue weighted by atomic mass is 9.98. The predicted octanol–water partition coefficient (Wildman–Crippen LogP) is 2.48. The Morgan fingerprint density at radius 3 is 2.69 bits per heavy atom. The second-order valence-electron chi connectivity index (χ2n) is 3.49. The minimum absolute atomic E-state index is 0.177. The summed E-state index contributed by atoms with van der Waals surface area (Å²) in [5.41, 5.74) is -1.89. The van der Waals surface area contributed by atoms with Crippen LogP contribution in [0.5, 0.6) is 11.5 Å². The van der Waals surface area contributed by atoms with Crippen LogP contribution in [0.25, 0.3) is 0 Å². The summed E-state index contributed by atoms with van der Waals surface area (Å²) in [6.45, 7) is 3.50. The molecule has 0 heterocycles. The average Bonchev–Trinajstić information content (AvgIpc) is 2.29. The predicted molar refractivity (Wildman–Crippen MR) is 58.7 cm³/mol. The fraction of sp³-hybridized carbons (Fsp3) is 0.417. The Kier molecular flexibility index (Phi) is 3.88. The van der Waals surface area contributed by atoms with Gasteiger partial charge in [-0.25, -0.2) is 4.39 Å². The normalized spacial score (nSPS) is 14.0. The summed E-state index contributed by atoms with van der Waals surface area (Å²) in [6, 6.07) is 4.74. The van der Waals surface area contributed by atoms with Gasteiger partial charge in [0.05, 0.1) is 13.7 Å². The molecular weight excluding hydrogens is 211 g/mol. The van der Waals surface area contributed by atoms with E-state index in [2.05, 4.69) is 0 Å². The van der Waals surface area contributed by atoms with Crippen LogP contribution in [0, 0.1) is 0 Å². The van der Waals surface area contributed by atoms with Crippen LogP contribution < -0.4 is 9.47 Å². The van der Waals surface area contributed by atoms with Crippen LogP contribution in [0.4, 0.5) is 4.39 Å². The summed E-state index contributed by atoms with van der Waals surface area (Å²) in [6.07, 6.45) is 0.251. The first-order chi connectivity index (χ1) is 7.55. The summed E-state index contributed by atoms with van der Waals surface area (Å²) < 4.78 is 24.2. The molecule has 1 unspecified atom stereocenters. The van der Waals surface area contributed by atoms with Gasteiger partial charge in [0.1, 0.15) is 11.5 Å². The second-order valence-corrected chi connectivity index (χ2v) is 3.49. The molecule has 1 aromatic rings. The number of aldehydes is 1. The zero-order chi connectivity index (χ0) is 12.2. The second kappa shape index (κ2) is 4.96.